The van der Waals surface area contributed by atoms with E-state index in [0.717, 1.165) is 12.8 Å². The average molecular weight is 438 g/mol. The molecule has 1 saturated heterocycles. The Balaban J connectivity index is 2.27. The van der Waals surface area contributed by atoms with E-state index in [1.165, 1.54) is 5.56 Å². The van der Waals surface area contributed by atoms with Crippen molar-refractivity contribution in [3.8, 4) is 0 Å². The molecular weight excluding hydrogens is 405 g/mol. The van der Waals surface area contributed by atoms with Crippen LogP contribution in [-0.2, 0) is 4.74 Å². The molecule has 0 bridgehead atoms. The Morgan fingerprint density at radius 2 is 1.71 bits per heavy atom. The summed E-state index contributed by atoms with van der Waals surface area (Å²) in [5, 5.41) is 0. The molecule has 2 rings (SSSR count). The van der Waals surface area contributed by atoms with Crippen LogP contribution in [0.5, 0.6) is 0 Å². The van der Waals surface area contributed by atoms with E-state index in [0.29, 0.717) is 9.98 Å². The average Bonchev–Trinajstić information content (AvgIpc) is 2.44. The van der Waals surface area contributed by atoms with Gasteiger partial charge in [0.15, 0.2) is 0 Å². The molecule has 1 aromatic rings. The number of hydrogen-bond donors (Lipinski definition) is 0. The Hall–Kier alpha value is -0.711. The molecule has 1 amide bonds. The molecular formula is C20H33NO2Sn. The number of carbonyl (C=O) groups excluding carboxylic acids is 1. The minimum atomic E-state index is -2.35. The van der Waals surface area contributed by atoms with Crippen LogP contribution >= 0.6 is 0 Å². The molecule has 3 unspecified atom stereocenters. The molecule has 3 nitrogen and oxygen atoms in total. The van der Waals surface area contributed by atoms with E-state index in [2.05, 4.69) is 57.0 Å². The quantitative estimate of drug-likeness (QED) is 0.576. The predicted octanol–water partition coefficient (Wildman–Crippen LogP) is 5.44. The summed E-state index contributed by atoms with van der Waals surface area (Å²) < 4.78 is 6.11. The van der Waals surface area contributed by atoms with Gasteiger partial charge in [0, 0.05) is 0 Å². The van der Waals surface area contributed by atoms with Crippen molar-refractivity contribution in [3.63, 3.8) is 0 Å². The van der Waals surface area contributed by atoms with Crippen molar-refractivity contribution in [2.45, 2.75) is 77.0 Å². The molecule has 134 valence electrons. The van der Waals surface area contributed by atoms with Crippen LogP contribution in [-0.4, -0.2) is 45.1 Å². The number of ether oxygens (including phenoxy) is 1. The second-order valence-corrected chi connectivity index (χ2v) is 24.6. The van der Waals surface area contributed by atoms with E-state index in [-0.39, 0.29) is 12.1 Å². The number of carbonyl (C=O) groups is 1. The summed E-state index contributed by atoms with van der Waals surface area (Å²) in [4.78, 5) is 22.2. The van der Waals surface area contributed by atoms with Crippen molar-refractivity contribution in [2.75, 3.05) is 0 Å². The van der Waals surface area contributed by atoms with Gasteiger partial charge in [-0.2, -0.15) is 0 Å². The molecule has 0 spiro atoms. The molecule has 1 aromatic carbocycles. The van der Waals surface area contributed by atoms with Crippen LogP contribution in [0.4, 0.5) is 4.79 Å². The van der Waals surface area contributed by atoms with Crippen LogP contribution in [0.25, 0.3) is 0 Å². The molecule has 0 aromatic heterocycles. The van der Waals surface area contributed by atoms with Crippen molar-refractivity contribution < 1.29 is 9.53 Å². The molecule has 0 aliphatic carbocycles. The number of hydrogen-bond acceptors (Lipinski definition) is 2. The molecule has 0 radical (unpaired) electrons. The fourth-order valence-corrected chi connectivity index (χ4v) is 9.94. The topological polar surface area (TPSA) is 29.5 Å². The van der Waals surface area contributed by atoms with Crippen molar-refractivity contribution >= 4 is 24.5 Å². The Bertz CT molecular complexity index is 559. The molecule has 0 saturated carbocycles. The third kappa shape index (κ3) is 4.90. The summed E-state index contributed by atoms with van der Waals surface area (Å²) >= 11 is -2.35. The number of amides is 1. The molecule has 1 aliphatic heterocycles. The second-order valence-electron chi connectivity index (χ2n) is 9.20. The van der Waals surface area contributed by atoms with E-state index < -0.39 is 24.0 Å². The van der Waals surface area contributed by atoms with Crippen LogP contribution in [0.2, 0.25) is 14.8 Å². The fourth-order valence-electron chi connectivity index (χ4n) is 3.70. The molecule has 1 fully saturated rings. The van der Waals surface area contributed by atoms with E-state index in [4.69, 9.17) is 4.74 Å². The summed E-state index contributed by atoms with van der Waals surface area (Å²) in [6.45, 7) is 8.02. The number of benzene rings is 1. The first-order valence-corrected chi connectivity index (χ1v) is 19.3. The zero-order valence-electron chi connectivity index (χ0n) is 16.3. The zero-order valence-corrected chi connectivity index (χ0v) is 19.2. The number of rotatable bonds is 2. The summed E-state index contributed by atoms with van der Waals surface area (Å²) in [5.74, 6) is 0.542. The van der Waals surface area contributed by atoms with Gasteiger partial charge in [-0.05, 0) is 0 Å². The van der Waals surface area contributed by atoms with Gasteiger partial charge in [-0.15, -0.1) is 0 Å². The Morgan fingerprint density at radius 3 is 2.21 bits per heavy atom. The van der Waals surface area contributed by atoms with Crippen molar-refractivity contribution in [3.05, 3.63) is 35.9 Å². The first kappa shape index (κ1) is 19.6. The Morgan fingerprint density at radius 1 is 1.12 bits per heavy atom. The number of nitrogens with zero attached hydrogens (tertiary/aromatic N) is 1. The summed E-state index contributed by atoms with van der Waals surface area (Å²) in [7, 11) is 0. The molecule has 1 heterocycles. The summed E-state index contributed by atoms with van der Waals surface area (Å²) in [5.41, 5.74) is 0.971. The maximum absolute atomic E-state index is 12.9. The fraction of sp³-hybridized carbons (Fsp3) is 0.650. The Labute approximate surface area is 151 Å². The first-order chi connectivity index (χ1) is 11.0. The monoisotopic (exact) mass is 439 g/mol. The molecule has 3 atom stereocenters. The SMILES string of the molecule is CC1CC(c2ccccc2)C[CH]([Sn]([CH3])([CH3])[CH3])N1C(=O)OC(C)(C)C. The Kier molecular flexibility index (Phi) is 5.94. The van der Waals surface area contributed by atoms with Gasteiger partial charge in [0.1, 0.15) is 0 Å². The normalized spacial score (nSPS) is 25.5. The van der Waals surface area contributed by atoms with E-state index >= 15 is 0 Å². The maximum atomic E-state index is 12.9. The second kappa shape index (κ2) is 7.26. The first-order valence-electron chi connectivity index (χ1n) is 9.05. The third-order valence-electron chi connectivity index (χ3n) is 4.82. The van der Waals surface area contributed by atoms with Crippen LogP contribution in [0.3, 0.4) is 0 Å². The van der Waals surface area contributed by atoms with Gasteiger partial charge in [-0.25, -0.2) is 0 Å². The minimum absolute atomic E-state index is 0.127. The molecule has 0 N–H and O–H groups in total. The standard InChI is InChI=1S/C17H24NO2.3CH3.Sn/c1-13-12-15(14-8-6-5-7-9-14)10-11-18(13)16(19)20-17(2,3)4;;;;/h5-9,11,13,15H,10,12H2,1-4H3;3*1H3;. The van der Waals surface area contributed by atoms with Gasteiger partial charge >= 0.3 is 152 Å². The molecule has 24 heavy (non-hydrogen) atoms. The van der Waals surface area contributed by atoms with Crippen LogP contribution < -0.4 is 0 Å². The van der Waals surface area contributed by atoms with E-state index in [9.17, 15) is 4.79 Å². The van der Waals surface area contributed by atoms with Gasteiger partial charge in [-0.1, -0.05) is 0 Å². The van der Waals surface area contributed by atoms with Crippen molar-refractivity contribution in [1.82, 2.24) is 4.90 Å². The molecule has 4 heteroatoms. The van der Waals surface area contributed by atoms with E-state index in [1.807, 2.05) is 20.8 Å². The van der Waals surface area contributed by atoms with Gasteiger partial charge in [0.05, 0.1) is 0 Å². The zero-order chi connectivity index (χ0) is 18.1. The van der Waals surface area contributed by atoms with Crippen LogP contribution in [0.15, 0.2) is 30.3 Å². The van der Waals surface area contributed by atoms with Crippen molar-refractivity contribution in [1.29, 1.82) is 0 Å². The number of piperidine rings is 1. The van der Waals surface area contributed by atoms with Gasteiger partial charge < -0.3 is 0 Å². The van der Waals surface area contributed by atoms with Crippen LogP contribution in [0.1, 0.15) is 52.0 Å². The predicted molar refractivity (Wildman–Crippen MR) is 103 cm³/mol. The number of likely N-dealkylation sites (tertiary alicyclic amines) is 1. The van der Waals surface area contributed by atoms with Gasteiger partial charge in [0.25, 0.3) is 0 Å². The van der Waals surface area contributed by atoms with Crippen LogP contribution in [0, 0.1) is 0 Å². The summed E-state index contributed by atoms with van der Waals surface area (Å²) in [6.07, 6.45) is 1.97. The van der Waals surface area contributed by atoms with Gasteiger partial charge in [0.2, 0.25) is 0 Å². The molecule has 1 aliphatic rings. The van der Waals surface area contributed by atoms with Gasteiger partial charge in [-0.3, -0.25) is 0 Å². The van der Waals surface area contributed by atoms with E-state index in [1.54, 1.807) is 0 Å². The summed E-state index contributed by atoms with van der Waals surface area (Å²) in [6, 6.07) is 11.0. The van der Waals surface area contributed by atoms with Crippen molar-refractivity contribution in [2.24, 2.45) is 0 Å². The third-order valence-corrected chi connectivity index (χ3v) is 12.0.